The highest BCUT2D eigenvalue weighted by molar-refractivity contribution is 14.1. The zero-order valence-corrected chi connectivity index (χ0v) is 17.2. The molecule has 4 rings (SSSR count). The van der Waals surface area contributed by atoms with E-state index >= 15 is 0 Å². The molecule has 1 aromatic carbocycles. The van der Waals surface area contributed by atoms with E-state index in [0.29, 0.717) is 0 Å². The molecule has 0 radical (unpaired) electrons. The van der Waals surface area contributed by atoms with Crippen LogP contribution in [0.2, 0.25) is 0 Å². The summed E-state index contributed by atoms with van der Waals surface area (Å²) in [5, 5.41) is 2.85. The van der Waals surface area contributed by atoms with E-state index in [1.54, 1.807) is 6.07 Å². The number of hydrogen-bond donors (Lipinski definition) is 2. The number of benzene rings is 1. The SMILES string of the molecule is O=C(Nc1c2c(cc3c1CCC3)CCC2)NS(=O)(=O)c1ccc(I)s1. The fraction of sp³-hybridized carbons (Fsp3) is 0.353. The number of sulfonamides is 1. The number of urea groups is 1. The van der Waals surface area contributed by atoms with Crippen molar-refractivity contribution < 1.29 is 13.2 Å². The summed E-state index contributed by atoms with van der Waals surface area (Å²) in [6.45, 7) is 0. The fourth-order valence-electron chi connectivity index (χ4n) is 3.72. The van der Waals surface area contributed by atoms with E-state index in [1.807, 2.05) is 0 Å². The summed E-state index contributed by atoms with van der Waals surface area (Å²) in [5.41, 5.74) is 5.80. The van der Waals surface area contributed by atoms with Crippen molar-refractivity contribution in [3.63, 3.8) is 0 Å². The number of rotatable bonds is 3. The van der Waals surface area contributed by atoms with Crippen LogP contribution in [0.5, 0.6) is 0 Å². The number of anilines is 1. The molecule has 0 atom stereocenters. The number of fused-ring (bicyclic) bond motifs is 2. The Morgan fingerprint density at radius 3 is 2.24 bits per heavy atom. The van der Waals surface area contributed by atoms with Crippen LogP contribution >= 0.6 is 33.9 Å². The van der Waals surface area contributed by atoms with Crippen LogP contribution in [0.3, 0.4) is 0 Å². The first kappa shape index (κ1) is 17.3. The number of carbonyl (C=O) groups excluding carboxylic acids is 1. The van der Waals surface area contributed by atoms with Gasteiger partial charge in [0, 0.05) is 5.69 Å². The summed E-state index contributed by atoms with van der Waals surface area (Å²) in [6, 6.07) is 4.82. The third kappa shape index (κ3) is 3.31. The second-order valence-corrected chi connectivity index (χ2v) is 11.2. The molecule has 0 unspecified atom stereocenters. The second-order valence-electron chi connectivity index (χ2n) is 6.35. The van der Waals surface area contributed by atoms with Crippen molar-refractivity contribution in [1.82, 2.24) is 4.72 Å². The molecule has 5 nitrogen and oxygen atoms in total. The van der Waals surface area contributed by atoms with Crippen molar-refractivity contribution in [3.8, 4) is 0 Å². The van der Waals surface area contributed by atoms with Crippen LogP contribution < -0.4 is 10.0 Å². The predicted octanol–water partition coefficient (Wildman–Crippen LogP) is 3.84. The van der Waals surface area contributed by atoms with Crippen LogP contribution in [0.4, 0.5) is 10.5 Å². The fourth-order valence-corrected chi connectivity index (χ4v) is 7.00. The zero-order chi connectivity index (χ0) is 17.6. The molecule has 132 valence electrons. The molecule has 0 fully saturated rings. The highest BCUT2D eigenvalue weighted by Gasteiger charge is 2.26. The lowest BCUT2D eigenvalue weighted by molar-refractivity contribution is 0.256. The maximum atomic E-state index is 12.4. The topological polar surface area (TPSA) is 75.3 Å². The van der Waals surface area contributed by atoms with Gasteiger partial charge in [-0.15, -0.1) is 11.3 Å². The molecule has 0 aliphatic heterocycles. The lowest BCUT2D eigenvalue weighted by atomic mass is 9.99. The van der Waals surface area contributed by atoms with Gasteiger partial charge in [-0.1, -0.05) is 6.07 Å². The summed E-state index contributed by atoms with van der Waals surface area (Å²) in [7, 11) is -3.84. The average Bonchev–Trinajstić information content (AvgIpc) is 3.25. The second kappa shape index (κ2) is 6.55. The summed E-state index contributed by atoms with van der Waals surface area (Å²) in [5.74, 6) is 0. The standard InChI is InChI=1S/C17H17IN2O3S2/c18-14-7-8-15(24-14)25(22,23)20-17(21)19-16-12-5-1-3-10(12)9-11-4-2-6-13(11)16/h7-9H,1-6H2,(H2,19,20,21). The smallest absolute Gasteiger partial charge is 0.307 e. The first-order valence-corrected chi connectivity index (χ1v) is 11.6. The Balaban J connectivity index is 1.60. The molecule has 0 saturated carbocycles. The Hall–Kier alpha value is -1.13. The quantitative estimate of drug-likeness (QED) is 0.645. The minimum absolute atomic E-state index is 0.149. The van der Waals surface area contributed by atoms with E-state index in [9.17, 15) is 13.2 Å². The molecule has 0 bridgehead atoms. The van der Waals surface area contributed by atoms with Crippen molar-refractivity contribution in [2.75, 3.05) is 5.32 Å². The Bertz CT molecular complexity index is 934. The average molecular weight is 488 g/mol. The Kier molecular flexibility index (Phi) is 4.53. The van der Waals surface area contributed by atoms with Crippen molar-refractivity contribution in [3.05, 3.63) is 43.3 Å². The molecule has 0 saturated heterocycles. The molecule has 1 heterocycles. The maximum Gasteiger partial charge on any atom is 0.333 e. The van der Waals surface area contributed by atoms with Crippen molar-refractivity contribution >= 4 is 55.7 Å². The minimum atomic E-state index is -3.84. The van der Waals surface area contributed by atoms with Crippen LogP contribution in [-0.4, -0.2) is 14.4 Å². The molecule has 2 aliphatic rings. The largest absolute Gasteiger partial charge is 0.333 e. The molecular weight excluding hydrogens is 471 g/mol. The van der Waals surface area contributed by atoms with Crippen LogP contribution in [0.15, 0.2) is 22.4 Å². The molecule has 8 heteroatoms. The number of amides is 2. The normalized spacial score (nSPS) is 15.7. The van der Waals surface area contributed by atoms with Gasteiger partial charge in [0.25, 0.3) is 10.0 Å². The van der Waals surface area contributed by atoms with Crippen LogP contribution in [0.25, 0.3) is 0 Å². The number of thiophene rings is 1. The maximum absolute atomic E-state index is 12.4. The van der Waals surface area contributed by atoms with Crippen LogP contribution in [-0.2, 0) is 35.7 Å². The van der Waals surface area contributed by atoms with Crippen LogP contribution in [0.1, 0.15) is 35.1 Å². The Morgan fingerprint density at radius 1 is 1.04 bits per heavy atom. The van der Waals surface area contributed by atoms with E-state index in [4.69, 9.17) is 0 Å². The molecule has 1 aromatic heterocycles. The van der Waals surface area contributed by atoms with Gasteiger partial charge in [0.05, 0.1) is 2.88 Å². The Labute approximate surface area is 164 Å². The van der Waals surface area contributed by atoms with Crippen molar-refractivity contribution in [1.29, 1.82) is 0 Å². The summed E-state index contributed by atoms with van der Waals surface area (Å²) in [6.07, 6.45) is 6.11. The number of halogens is 1. The van der Waals surface area contributed by atoms with Crippen molar-refractivity contribution in [2.24, 2.45) is 0 Å². The van der Waals surface area contributed by atoms with E-state index in [0.717, 1.165) is 58.4 Å². The van der Waals surface area contributed by atoms with Gasteiger partial charge in [-0.2, -0.15) is 0 Å². The number of carbonyl (C=O) groups is 1. The van der Waals surface area contributed by atoms with Gasteiger partial charge >= 0.3 is 6.03 Å². The van der Waals surface area contributed by atoms with Crippen molar-refractivity contribution in [2.45, 2.75) is 42.7 Å². The molecule has 2 N–H and O–H groups in total. The predicted molar refractivity (Wildman–Crippen MR) is 107 cm³/mol. The zero-order valence-electron chi connectivity index (χ0n) is 13.4. The van der Waals surface area contributed by atoms with E-state index in [-0.39, 0.29) is 4.21 Å². The summed E-state index contributed by atoms with van der Waals surface area (Å²) >= 11 is 3.20. The molecule has 2 aromatic rings. The van der Waals surface area contributed by atoms with Gasteiger partial charge in [-0.05, 0) is 95.5 Å². The highest BCUT2D eigenvalue weighted by Crippen LogP contribution is 2.38. The lowest BCUT2D eigenvalue weighted by Gasteiger charge is -2.16. The highest BCUT2D eigenvalue weighted by atomic mass is 127. The molecule has 0 spiro atoms. The van der Waals surface area contributed by atoms with Gasteiger partial charge < -0.3 is 5.32 Å². The molecule has 25 heavy (non-hydrogen) atoms. The Morgan fingerprint density at radius 2 is 1.68 bits per heavy atom. The lowest BCUT2D eigenvalue weighted by Crippen LogP contribution is -2.34. The molecular formula is C17H17IN2O3S2. The number of nitrogens with one attached hydrogen (secondary N) is 2. The monoisotopic (exact) mass is 488 g/mol. The molecule has 2 amide bonds. The van der Waals surface area contributed by atoms with Gasteiger partial charge in [0.1, 0.15) is 4.21 Å². The molecule has 2 aliphatic carbocycles. The summed E-state index contributed by atoms with van der Waals surface area (Å²) < 4.78 is 27.9. The van der Waals surface area contributed by atoms with Gasteiger partial charge in [-0.3, -0.25) is 0 Å². The third-order valence-electron chi connectivity index (χ3n) is 4.75. The first-order chi connectivity index (χ1) is 11.9. The van der Waals surface area contributed by atoms with E-state index < -0.39 is 16.1 Å². The van der Waals surface area contributed by atoms with Gasteiger partial charge in [-0.25, -0.2) is 17.9 Å². The van der Waals surface area contributed by atoms with Gasteiger partial charge in [0.15, 0.2) is 0 Å². The summed E-state index contributed by atoms with van der Waals surface area (Å²) in [4.78, 5) is 12.4. The van der Waals surface area contributed by atoms with Gasteiger partial charge in [0.2, 0.25) is 0 Å². The number of hydrogen-bond acceptors (Lipinski definition) is 4. The van der Waals surface area contributed by atoms with Crippen LogP contribution in [0, 0.1) is 2.88 Å². The minimum Gasteiger partial charge on any atom is -0.307 e. The third-order valence-corrected chi connectivity index (χ3v) is 8.47. The first-order valence-electron chi connectivity index (χ1n) is 8.20. The van der Waals surface area contributed by atoms with E-state index in [1.165, 1.54) is 28.3 Å². The van der Waals surface area contributed by atoms with E-state index in [2.05, 4.69) is 38.7 Å². The number of aryl methyl sites for hydroxylation is 2.